The van der Waals surface area contributed by atoms with Crippen LogP contribution in [0.5, 0.6) is 0 Å². The molecule has 2 aliphatic carbocycles. The van der Waals surface area contributed by atoms with Crippen molar-refractivity contribution in [2.24, 2.45) is 0 Å². The summed E-state index contributed by atoms with van der Waals surface area (Å²) in [5.74, 6) is 0.792. The van der Waals surface area contributed by atoms with Crippen molar-refractivity contribution < 1.29 is 4.74 Å². The first-order chi connectivity index (χ1) is 8.93. The van der Waals surface area contributed by atoms with Crippen molar-refractivity contribution in [3.8, 4) is 0 Å². The second-order valence-electron chi connectivity index (χ2n) is 5.91. The van der Waals surface area contributed by atoms with E-state index in [2.05, 4.69) is 29.2 Å². The molecule has 1 aliphatic heterocycles. The van der Waals surface area contributed by atoms with Crippen molar-refractivity contribution in [3.63, 3.8) is 0 Å². The number of hydrogen-bond donors (Lipinski definition) is 0. The van der Waals surface area contributed by atoms with Crippen LogP contribution < -0.4 is 0 Å². The normalized spacial score (nSPS) is 35.4. The van der Waals surface area contributed by atoms with E-state index in [-0.39, 0.29) is 0 Å². The Bertz CT molecular complexity index is 452. The molecule has 2 fully saturated rings. The average molecular weight is 243 g/mol. The number of ether oxygens (including phenoxy) is 1. The molecule has 18 heavy (non-hydrogen) atoms. The smallest absolute Gasteiger partial charge is 0.0594 e. The predicted molar refractivity (Wildman–Crippen MR) is 71.7 cm³/mol. The van der Waals surface area contributed by atoms with Gasteiger partial charge in [0.15, 0.2) is 0 Å². The van der Waals surface area contributed by atoms with E-state index >= 15 is 0 Å². The highest BCUT2D eigenvalue weighted by Crippen LogP contribution is 2.60. The van der Waals surface area contributed by atoms with Crippen molar-refractivity contribution in [2.45, 2.75) is 37.1 Å². The topological polar surface area (TPSA) is 12.5 Å². The highest BCUT2D eigenvalue weighted by Gasteiger charge is 2.55. The van der Waals surface area contributed by atoms with E-state index in [0.29, 0.717) is 5.54 Å². The quantitative estimate of drug-likeness (QED) is 0.752. The minimum atomic E-state index is 0.374. The number of morpholine rings is 1. The van der Waals surface area contributed by atoms with Gasteiger partial charge in [0.25, 0.3) is 0 Å². The second-order valence-corrected chi connectivity index (χ2v) is 5.91. The summed E-state index contributed by atoms with van der Waals surface area (Å²) in [5, 5.41) is 0. The fourth-order valence-corrected chi connectivity index (χ4v) is 4.52. The lowest BCUT2D eigenvalue weighted by Crippen LogP contribution is -2.60. The summed E-state index contributed by atoms with van der Waals surface area (Å²) >= 11 is 0. The highest BCUT2D eigenvalue weighted by molar-refractivity contribution is 5.50. The van der Waals surface area contributed by atoms with Crippen LogP contribution >= 0.6 is 0 Å². The summed E-state index contributed by atoms with van der Waals surface area (Å²) in [6, 6.07) is 9.14. The van der Waals surface area contributed by atoms with Crippen LogP contribution in [0.1, 0.15) is 42.7 Å². The van der Waals surface area contributed by atoms with Gasteiger partial charge in [-0.25, -0.2) is 0 Å². The molecular weight excluding hydrogens is 222 g/mol. The summed E-state index contributed by atoms with van der Waals surface area (Å²) in [5.41, 5.74) is 3.62. The van der Waals surface area contributed by atoms with E-state index in [1.54, 1.807) is 11.1 Å². The Labute approximate surface area is 109 Å². The zero-order valence-corrected chi connectivity index (χ0v) is 10.9. The molecule has 0 spiro atoms. The lowest BCUT2D eigenvalue weighted by molar-refractivity contribution is -0.0650. The van der Waals surface area contributed by atoms with E-state index in [1.165, 1.54) is 25.7 Å². The molecule has 1 saturated heterocycles. The Kier molecular flexibility index (Phi) is 2.49. The first kappa shape index (κ1) is 11.0. The first-order valence-corrected chi connectivity index (χ1v) is 7.35. The highest BCUT2D eigenvalue weighted by atomic mass is 16.5. The van der Waals surface area contributed by atoms with Gasteiger partial charge in [-0.2, -0.15) is 0 Å². The Morgan fingerprint density at radius 2 is 1.94 bits per heavy atom. The van der Waals surface area contributed by atoms with Gasteiger partial charge >= 0.3 is 0 Å². The molecular formula is C16H21NO. The van der Waals surface area contributed by atoms with Crippen LogP contribution in [-0.2, 0) is 10.3 Å². The summed E-state index contributed by atoms with van der Waals surface area (Å²) in [7, 11) is 0. The molecule has 1 aromatic carbocycles. The molecule has 1 heterocycles. The second kappa shape index (κ2) is 4.07. The van der Waals surface area contributed by atoms with Gasteiger partial charge in [0, 0.05) is 19.0 Å². The Morgan fingerprint density at radius 1 is 1.11 bits per heavy atom. The standard InChI is InChI=1S/C16H21NO/c1-2-6-14-13(5-1)15-7-3-4-8-16(14,15)17-9-11-18-12-10-17/h1-2,5-6,15H,3-4,7-12H2/t15-,16+/m1/s1. The van der Waals surface area contributed by atoms with Crippen molar-refractivity contribution in [1.29, 1.82) is 0 Å². The van der Waals surface area contributed by atoms with Gasteiger partial charge in [0.2, 0.25) is 0 Å². The summed E-state index contributed by atoms with van der Waals surface area (Å²) < 4.78 is 5.54. The lowest BCUT2D eigenvalue weighted by atomic mass is 9.55. The zero-order valence-electron chi connectivity index (χ0n) is 10.9. The predicted octanol–water partition coefficient (Wildman–Crippen LogP) is 2.89. The molecule has 0 aromatic heterocycles. The minimum absolute atomic E-state index is 0.374. The molecule has 1 aromatic rings. The van der Waals surface area contributed by atoms with Gasteiger partial charge in [-0.05, 0) is 24.0 Å². The molecule has 2 atom stereocenters. The van der Waals surface area contributed by atoms with Gasteiger partial charge in [-0.1, -0.05) is 37.1 Å². The molecule has 1 saturated carbocycles. The van der Waals surface area contributed by atoms with Crippen LogP contribution in [0, 0.1) is 0 Å². The van der Waals surface area contributed by atoms with Gasteiger partial charge in [0.1, 0.15) is 0 Å². The Morgan fingerprint density at radius 3 is 2.83 bits per heavy atom. The molecule has 2 heteroatoms. The van der Waals surface area contributed by atoms with Crippen LogP contribution in [0.2, 0.25) is 0 Å². The maximum atomic E-state index is 5.54. The molecule has 3 aliphatic rings. The molecule has 0 radical (unpaired) electrons. The van der Waals surface area contributed by atoms with Crippen LogP contribution in [0.4, 0.5) is 0 Å². The van der Waals surface area contributed by atoms with E-state index < -0.39 is 0 Å². The fourth-order valence-electron chi connectivity index (χ4n) is 4.52. The van der Waals surface area contributed by atoms with Gasteiger partial charge in [0.05, 0.1) is 18.8 Å². The van der Waals surface area contributed by atoms with Crippen molar-refractivity contribution >= 4 is 0 Å². The van der Waals surface area contributed by atoms with E-state index in [0.717, 1.165) is 32.2 Å². The molecule has 4 rings (SSSR count). The van der Waals surface area contributed by atoms with Crippen molar-refractivity contribution in [2.75, 3.05) is 26.3 Å². The fraction of sp³-hybridized carbons (Fsp3) is 0.625. The van der Waals surface area contributed by atoms with E-state index in [4.69, 9.17) is 4.74 Å². The maximum absolute atomic E-state index is 5.54. The van der Waals surface area contributed by atoms with Crippen molar-refractivity contribution in [3.05, 3.63) is 35.4 Å². The third-order valence-electron chi connectivity index (χ3n) is 5.26. The zero-order chi connectivity index (χ0) is 12.0. The minimum Gasteiger partial charge on any atom is -0.379 e. The van der Waals surface area contributed by atoms with E-state index in [9.17, 15) is 0 Å². The average Bonchev–Trinajstić information content (AvgIpc) is 2.45. The molecule has 0 unspecified atom stereocenters. The van der Waals surface area contributed by atoms with E-state index in [1.807, 2.05) is 0 Å². The molecule has 2 nitrogen and oxygen atoms in total. The van der Waals surface area contributed by atoms with Gasteiger partial charge in [-0.15, -0.1) is 0 Å². The molecule has 0 amide bonds. The largest absolute Gasteiger partial charge is 0.379 e. The van der Waals surface area contributed by atoms with Crippen LogP contribution in [-0.4, -0.2) is 31.2 Å². The number of fused-ring (bicyclic) bond motifs is 4. The number of hydrogen-bond acceptors (Lipinski definition) is 2. The molecule has 96 valence electrons. The number of benzene rings is 1. The van der Waals surface area contributed by atoms with Crippen LogP contribution in [0.25, 0.3) is 0 Å². The first-order valence-electron chi connectivity index (χ1n) is 7.35. The van der Waals surface area contributed by atoms with Crippen LogP contribution in [0.15, 0.2) is 24.3 Å². The van der Waals surface area contributed by atoms with Gasteiger partial charge < -0.3 is 4.74 Å². The van der Waals surface area contributed by atoms with Crippen molar-refractivity contribution in [1.82, 2.24) is 4.90 Å². The monoisotopic (exact) mass is 243 g/mol. The summed E-state index contributed by atoms with van der Waals surface area (Å²) in [6.45, 7) is 4.06. The maximum Gasteiger partial charge on any atom is 0.0594 e. The molecule has 0 N–H and O–H groups in total. The lowest BCUT2D eigenvalue weighted by Gasteiger charge is -2.60. The Balaban J connectivity index is 1.76. The SMILES string of the molecule is c1ccc2c(c1)[C@H]1CCCC[C@]21N1CCOCC1. The van der Waals surface area contributed by atoms with Gasteiger partial charge in [-0.3, -0.25) is 4.90 Å². The number of nitrogens with zero attached hydrogens (tertiary/aromatic N) is 1. The number of rotatable bonds is 1. The summed E-state index contributed by atoms with van der Waals surface area (Å²) in [6.07, 6.45) is 5.54. The Hall–Kier alpha value is -0.860. The van der Waals surface area contributed by atoms with Crippen LogP contribution in [0.3, 0.4) is 0 Å². The third kappa shape index (κ3) is 1.31. The molecule has 0 bridgehead atoms. The third-order valence-corrected chi connectivity index (χ3v) is 5.26. The summed E-state index contributed by atoms with van der Waals surface area (Å²) in [4.78, 5) is 2.72.